The lowest BCUT2D eigenvalue weighted by atomic mass is 9.71. The third-order valence-electron chi connectivity index (χ3n) is 8.75. The maximum Gasteiger partial charge on any atom is 0.226 e. The predicted molar refractivity (Wildman–Crippen MR) is 153 cm³/mol. The highest BCUT2D eigenvalue weighted by atomic mass is 16.6. The highest BCUT2D eigenvalue weighted by Crippen LogP contribution is 2.55. The molecule has 43 heavy (non-hydrogen) atoms. The van der Waals surface area contributed by atoms with Crippen molar-refractivity contribution in [1.29, 1.82) is 5.26 Å². The Hall–Kier alpha value is -3.89. The summed E-state index contributed by atoms with van der Waals surface area (Å²) in [4.78, 5) is 31.3. The normalized spacial score (nSPS) is 26.2. The molecule has 4 unspecified atom stereocenters. The number of rotatable bonds is 8. The molecule has 1 aromatic rings. The Bertz CT molecular complexity index is 1520. The molecule has 2 N–H and O–H groups in total. The molecule has 12 heteroatoms. The zero-order valence-corrected chi connectivity index (χ0v) is 25.5. The lowest BCUT2D eigenvalue weighted by molar-refractivity contribution is -0.121. The van der Waals surface area contributed by atoms with Gasteiger partial charge in [-0.25, -0.2) is 0 Å². The van der Waals surface area contributed by atoms with Crippen LogP contribution in [-0.4, -0.2) is 97.3 Å². The molecule has 0 saturated carbocycles. The maximum atomic E-state index is 13.9. The van der Waals surface area contributed by atoms with Crippen LogP contribution in [0, 0.1) is 18.3 Å². The van der Waals surface area contributed by atoms with Gasteiger partial charge in [0.2, 0.25) is 5.78 Å². The SMILES string of the molecule is COC1=C(C)C(=O)C2=C(C1=O)C1C3=Cc4c(OC(C)O)c(C)c(OC)c(OC)c4[C@H](COC(C)O)N3[C@@H](C#N)C(C2)N1C. The lowest BCUT2D eigenvalue weighted by Gasteiger charge is -2.57. The highest BCUT2D eigenvalue weighted by Gasteiger charge is 2.56. The number of likely N-dealkylation sites (N-methyl/N-ethyl adjacent to an activating group) is 1. The first-order valence-electron chi connectivity index (χ1n) is 14.0. The molecular weight excluding hydrogens is 558 g/mol. The van der Waals surface area contributed by atoms with Crippen LogP contribution in [0.25, 0.3) is 6.08 Å². The van der Waals surface area contributed by atoms with Crippen LogP contribution < -0.4 is 14.2 Å². The number of piperazine rings is 1. The van der Waals surface area contributed by atoms with Gasteiger partial charge in [-0.1, -0.05) is 0 Å². The lowest BCUT2D eigenvalue weighted by Crippen LogP contribution is -2.66. The van der Waals surface area contributed by atoms with Gasteiger partial charge in [-0.2, -0.15) is 5.26 Å². The number of methoxy groups -OCH3 is 3. The van der Waals surface area contributed by atoms with Crippen molar-refractivity contribution < 1.29 is 43.5 Å². The van der Waals surface area contributed by atoms with Crippen molar-refractivity contribution in [2.45, 2.75) is 70.9 Å². The van der Waals surface area contributed by atoms with Crippen LogP contribution in [-0.2, 0) is 19.1 Å². The number of Topliss-reactive ketones (excluding diaryl/α,β-unsaturated/α-hetero) is 2. The summed E-state index contributed by atoms with van der Waals surface area (Å²) in [7, 11) is 6.20. The van der Waals surface area contributed by atoms with Crippen LogP contribution in [0.1, 0.15) is 49.9 Å². The number of aliphatic hydroxyl groups is 2. The molecule has 4 aliphatic rings. The summed E-state index contributed by atoms with van der Waals surface area (Å²) in [5.41, 5.74) is 3.14. The molecule has 2 bridgehead atoms. The van der Waals surface area contributed by atoms with E-state index in [-0.39, 0.29) is 35.9 Å². The molecule has 1 aliphatic carbocycles. The molecule has 3 heterocycles. The summed E-state index contributed by atoms with van der Waals surface area (Å²) in [5.74, 6) is 0.420. The van der Waals surface area contributed by atoms with Gasteiger partial charge in [-0.3, -0.25) is 14.5 Å². The topological polar surface area (TPSA) is 151 Å². The number of allylic oxidation sites excluding steroid dienone is 2. The fraction of sp³-hybridized carbons (Fsp3) is 0.516. The molecule has 0 radical (unpaired) electrons. The van der Waals surface area contributed by atoms with Gasteiger partial charge in [0.1, 0.15) is 11.8 Å². The van der Waals surface area contributed by atoms with Crippen molar-refractivity contribution in [1.82, 2.24) is 9.80 Å². The molecule has 1 aromatic carbocycles. The number of hydrogen-bond donors (Lipinski definition) is 2. The first-order valence-corrected chi connectivity index (χ1v) is 14.0. The third kappa shape index (κ3) is 4.50. The second kappa shape index (κ2) is 11.3. The smallest absolute Gasteiger partial charge is 0.226 e. The number of fused-ring (bicyclic) bond motifs is 6. The average Bonchev–Trinajstić information content (AvgIpc) is 2.96. The summed E-state index contributed by atoms with van der Waals surface area (Å²) >= 11 is 0. The van der Waals surface area contributed by atoms with Gasteiger partial charge in [-0.15, -0.1) is 0 Å². The summed E-state index contributed by atoms with van der Waals surface area (Å²) in [6, 6.07) is -0.239. The van der Waals surface area contributed by atoms with E-state index in [1.807, 2.05) is 22.9 Å². The van der Waals surface area contributed by atoms with E-state index in [9.17, 15) is 25.1 Å². The summed E-state index contributed by atoms with van der Waals surface area (Å²) in [6.07, 6.45) is -0.312. The van der Waals surface area contributed by atoms with E-state index in [2.05, 4.69) is 6.07 Å². The second-order valence-electron chi connectivity index (χ2n) is 11.1. The number of carbonyl (C=O) groups is 2. The van der Waals surface area contributed by atoms with Crippen LogP contribution in [0.3, 0.4) is 0 Å². The quantitative estimate of drug-likeness (QED) is 0.335. The number of hydrogen-bond acceptors (Lipinski definition) is 12. The van der Waals surface area contributed by atoms with Crippen molar-refractivity contribution in [3.8, 4) is 23.3 Å². The Morgan fingerprint density at radius 2 is 1.70 bits per heavy atom. The minimum absolute atomic E-state index is 0.00395. The number of ether oxygens (including phenoxy) is 5. The van der Waals surface area contributed by atoms with E-state index in [4.69, 9.17) is 23.7 Å². The second-order valence-corrected chi connectivity index (χ2v) is 11.1. The van der Waals surface area contributed by atoms with E-state index < -0.39 is 36.7 Å². The zero-order chi connectivity index (χ0) is 31.5. The molecule has 5 rings (SSSR count). The van der Waals surface area contributed by atoms with Gasteiger partial charge in [0, 0.05) is 45.1 Å². The number of nitrogens with zero attached hydrogens (tertiary/aromatic N) is 3. The summed E-state index contributed by atoms with van der Waals surface area (Å²) in [5, 5.41) is 31.1. The molecule has 3 aliphatic heterocycles. The van der Waals surface area contributed by atoms with Crippen LogP contribution in [0.2, 0.25) is 0 Å². The standard InChI is InChI=1S/C31H37N3O9/c1-13-26(37)17-9-19-21(11-32)34-20(25(33(19)5)24(17)27(38)29(13)39-6)10-18-23(22(34)12-42-15(3)35)31(41-8)30(40-7)14(2)28(18)43-16(4)36/h10,15-16,19,21-22,25,35-36H,9,12H2,1-8H3/t15?,16?,19?,21-,22-,25?/m0/s1. The van der Waals surface area contributed by atoms with Gasteiger partial charge in [0.05, 0.1) is 46.1 Å². The molecule has 0 amide bonds. The van der Waals surface area contributed by atoms with Crippen LogP contribution in [0.15, 0.2) is 28.2 Å². The van der Waals surface area contributed by atoms with E-state index in [1.54, 1.807) is 13.8 Å². The van der Waals surface area contributed by atoms with Crippen molar-refractivity contribution in [2.75, 3.05) is 35.0 Å². The van der Waals surface area contributed by atoms with Gasteiger partial charge in [0.15, 0.2) is 35.6 Å². The minimum Gasteiger partial charge on any atom is -0.492 e. The maximum absolute atomic E-state index is 13.9. The number of carbonyl (C=O) groups excluding carboxylic acids is 2. The molecule has 230 valence electrons. The monoisotopic (exact) mass is 595 g/mol. The minimum atomic E-state index is -1.19. The highest BCUT2D eigenvalue weighted by molar-refractivity contribution is 6.25. The van der Waals surface area contributed by atoms with Gasteiger partial charge < -0.3 is 38.8 Å². The van der Waals surface area contributed by atoms with Crippen molar-refractivity contribution in [3.05, 3.63) is 44.9 Å². The molecule has 12 nitrogen and oxygen atoms in total. The van der Waals surface area contributed by atoms with E-state index >= 15 is 0 Å². The van der Waals surface area contributed by atoms with E-state index in [0.29, 0.717) is 50.8 Å². The Labute approximate surface area is 250 Å². The van der Waals surface area contributed by atoms with Crippen LogP contribution in [0.4, 0.5) is 0 Å². The Balaban J connectivity index is 1.86. The van der Waals surface area contributed by atoms with Crippen LogP contribution in [0.5, 0.6) is 17.2 Å². The third-order valence-corrected chi connectivity index (χ3v) is 8.75. The van der Waals surface area contributed by atoms with Crippen LogP contribution >= 0.6 is 0 Å². The van der Waals surface area contributed by atoms with Crippen molar-refractivity contribution >= 4 is 17.6 Å². The molecule has 0 spiro atoms. The Morgan fingerprint density at radius 3 is 2.26 bits per heavy atom. The Morgan fingerprint density at radius 1 is 1.02 bits per heavy atom. The number of ketones is 2. The van der Waals surface area contributed by atoms with Crippen molar-refractivity contribution in [2.24, 2.45) is 0 Å². The summed E-state index contributed by atoms with van der Waals surface area (Å²) < 4.78 is 28.8. The summed E-state index contributed by atoms with van der Waals surface area (Å²) in [6.45, 7) is 6.25. The largest absolute Gasteiger partial charge is 0.492 e. The van der Waals surface area contributed by atoms with E-state index in [1.165, 1.54) is 35.2 Å². The molecule has 0 aromatic heterocycles. The number of nitriles is 1. The first-order chi connectivity index (χ1) is 20.4. The van der Waals surface area contributed by atoms with E-state index in [0.717, 1.165) is 0 Å². The van der Waals surface area contributed by atoms with Crippen molar-refractivity contribution in [3.63, 3.8) is 0 Å². The zero-order valence-electron chi connectivity index (χ0n) is 25.5. The molecule has 6 atom stereocenters. The molecule has 1 fully saturated rings. The van der Waals surface area contributed by atoms with Gasteiger partial charge in [0.25, 0.3) is 0 Å². The number of benzene rings is 1. The van der Waals surface area contributed by atoms with Gasteiger partial charge in [-0.05, 0) is 47.2 Å². The van der Waals surface area contributed by atoms with Gasteiger partial charge >= 0.3 is 0 Å². The number of aliphatic hydroxyl groups excluding tert-OH is 2. The molecular formula is C31H37N3O9. The Kier molecular flexibility index (Phi) is 8.04. The average molecular weight is 596 g/mol. The first kappa shape index (κ1) is 30.6. The fourth-order valence-corrected chi connectivity index (χ4v) is 6.99. The molecule has 1 saturated heterocycles. The fourth-order valence-electron chi connectivity index (χ4n) is 6.99. The predicted octanol–water partition coefficient (Wildman–Crippen LogP) is 2.13.